The van der Waals surface area contributed by atoms with E-state index >= 15 is 4.39 Å². The lowest BCUT2D eigenvalue weighted by molar-refractivity contribution is -0.125. The molecule has 1 N–H and O–H groups in total. The molecule has 1 aliphatic heterocycles. The molecule has 2 heterocycles. The van der Waals surface area contributed by atoms with E-state index < -0.39 is 17.4 Å². The first kappa shape index (κ1) is 17.4. The molecule has 1 unspecified atom stereocenters. The number of ether oxygens (including phenoxy) is 1. The first-order chi connectivity index (χ1) is 13.0. The fourth-order valence-electron chi connectivity index (χ4n) is 3.27. The van der Waals surface area contributed by atoms with Crippen molar-refractivity contribution in [2.45, 2.75) is 12.6 Å². The fourth-order valence-corrected chi connectivity index (χ4v) is 4.23. The third kappa shape index (κ3) is 2.56. The summed E-state index contributed by atoms with van der Waals surface area (Å²) in [6, 6.07) is 13.4. The van der Waals surface area contributed by atoms with Crippen LogP contribution >= 0.6 is 11.3 Å². The van der Waals surface area contributed by atoms with Gasteiger partial charge in [0, 0.05) is 16.5 Å². The lowest BCUT2D eigenvalue weighted by atomic mass is 9.83. The molecule has 4 rings (SSSR count). The van der Waals surface area contributed by atoms with Crippen molar-refractivity contribution in [2.75, 3.05) is 12.4 Å². The summed E-state index contributed by atoms with van der Waals surface area (Å²) in [5, 5.41) is 4.68. The van der Waals surface area contributed by atoms with E-state index in [0.29, 0.717) is 16.3 Å². The number of carbonyl (C=O) groups excluding carboxylic acids is 2. The average Bonchev–Trinajstić information content (AvgIpc) is 3.11. The van der Waals surface area contributed by atoms with E-state index in [-0.39, 0.29) is 11.1 Å². The Morgan fingerprint density at radius 1 is 1.11 bits per heavy atom. The first-order valence-corrected chi connectivity index (χ1v) is 9.22. The van der Waals surface area contributed by atoms with Gasteiger partial charge in [0.15, 0.2) is 0 Å². The maximum absolute atomic E-state index is 15.8. The lowest BCUT2D eigenvalue weighted by Crippen LogP contribution is -2.47. The molecule has 1 aliphatic rings. The predicted molar refractivity (Wildman–Crippen MR) is 103 cm³/mol. The van der Waals surface area contributed by atoms with Crippen molar-refractivity contribution in [3.63, 3.8) is 0 Å². The summed E-state index contributed by atoms with van der Waals surface area (Å²) in [7, 11) is 1.57. The predicted octanol–water partition coefficient (Wildman–Crippen LogP) is 4.73. The number of fused-ring (bicyclic) bond motifs is 1. The van der Waals surface area contributed by atoms with Gasteiger partial charge >= 0.3 is 0 Å². The molecular weight excluding hydrogens is 365 g/mol. The zero-order valence-corrected chi connectivity index (χ0v) is 15.5. The van der Waals surface area contributed by atoms with Crippen LogP contribution in [0.1, 0.15) is 21.5 Å². The topological polar surface area (TPSA) is 55.4 Å². The van der Waals surface area contributed by atoms with Crippen molar-refractivity contribution in [3.8, 4) is 16.9 Å². The molecule has 0 radical (unpaired) electrons. The molecule has 136 valence electrons. The zero-order chi connectivity index (χ0) is 19.2. The second kappa shape index (κ2) is 6.32. The van der Waals surface area contributed by atoms with Crippen LogP contribution in [0.3, 0.4) is 0 Å². The van der Waals surface area contributed by atoms with Gasteiger partial charge in [-0.05, 0) is 24.1 Å². The van der Waals surface area contributed by atoms with Crippen molar-refractivity contribution in [1.82, 2.24) is 0 Å². The van der Waals surface area contributed by atoms with Crippen molar-refractivity contribution in [2.24, 2.45) is 0 Å². The molecule has 0 saturated heterocycles. The second-order valence-electron chi connectivity index (χ2n) is 6.35. The summed E-state index contributed by atoms with van der Waals surface area (Å²) in [6.45, 7) is 1.92. The Morgan fingerprint density at radius 3 is 2.56 bits per heavy atom. The van der Waals surface area contributed by atoms with Crippen LogP contribution in [0.4, 0.5) is 9.39 Å². The summed E-state index contributed by atoms with van der Waals surface area (Å²) in [6.07, 6.45) is 0. The third-order valence-electron chi connectivity index (χ3n) is 4.76. The Morgan fingerprint density at radius 2 is 1.85 bits per heavy atom. The number of methoxy groups -OCH3 is 1. The lowest BCUT2D eigenvalue weighted by Gasteiger charge is -2.28. The molecule has 3 aromatic rings. The molecule has 27 heavy (non-hydrogen) atoms. The molecule has 0 spiro atoms. The highest BCUT2D eigenvalue weighted by Gasteiger charge is 2.53. The van der Waals surface area contributed by atoms with Crippen molar-refractivity contribution < 1.29 is 18.7 Å². The SMILES string of the molecule is COc1cc(-c2csc3c2C(=O)C(F)(c2ccccc2)C(=O)N3)ccc1C. The van der Waals surface area contributed by atoms with Gasteiger partial charge in [0.1, 0.15) is 10.8 Å². The number of Topliss-reactive ketones (excluding diaryl/α,β-unsaturated/α-hetero) is 1. The largest absolute Gasteiger partial charge is 0.496 e. The zero-order valence-electron chi connectivity index (χ0n) is 14.7. The smallest absolute Gasteiger partial charge is 0.275 e. The number of ketones is 1. The Hall–Kier alpha value is -2.99. The van der Waals surface area contributed by atoms with Crippen LogP contribution in [0.25, 0.3) is 11.1 Å². The van der Waals surface area contributed by atoms with Crippen LogP contribution in [0.5, 0.6) is 5.75 Å². The molecule has 2 aromatic carbocycles. The van der Waals surface area contributed by atoms with Crippen LogP contribution < -0.4 is 10.1 Å². The minimum Gasteiger partial charge on any atom is -0.496 e. The number of rotatable bonds is 3. The van der Waals surface area contributed by atoms with Gasteiger partial charge in [0.2, 0.25) is 5.78 Å². The van der Waals surface area contributed by atoms with Crippen LogP contribution in [-0.2, 0) is 10.5 Å². The van der Waals surface area contributed by atoms with Gasteiger partial charge in [-0.25, -0.2) is 4.39 Å². The van der Waals surface area contributed by atoms with E-state index in [4.69, 9.17) is 4.74 Å². The van der Waals surface area contributed by atoms with Gasteiger partial charge in [-0.15, -0.1) is 11.3 Å². The summed E-state index contributed by atoms with van der Waals surface area (Å²) >= 11 is 1.21. The van der Waals surface area contributed by atoms with E-state index in [1.165, 1.54) is 23.5 Å². The van der Waals surface area contributed by atoms with Crippen LogP contribution in [0, 0.1) is 6.92 Å². The van der Waals surface area contributed by atoms with Crippen molar-refractivity contribution in [1.29, 1.82) is 0 Å². The number of anilines is 1. The molecule has 0 saturated carbocycles. The quantitative estimate of drug-likeness (QED) is 0.667. The Labute approximate surface area is 159 Å². The average molecular weight is 381 g/mol. The highest BCUT2D eigenvalue weighted by Crippen LogP contribution is 2.45. The number of nitrogens with one attached hydrogen (secondary N) is 1. The Balaban J connectivity index is 1.88. The molecule has 4 nitrogen and oxygen atoms in total. The Kier molecular flexibility index (Phi) is 4.08. The summed E-state index contributed by atoms with van der Waals surface area (Å²) in [5.74, 6) is -1.13. The van der Waals surface area contributed by atoms with Crippen molar-refractivity contribution in [3.05, 3.63) is 70.6 Å². The van der Waals surface area contributed by atoms with Crippen molar-refractivity contribution >= 4 is 28.0 Å². The maximum atomic E-state index is 15.8. The van der Waals surface area contributed by atoms with Crippen LogP contribution in [0.2, 0.25) is 0 Å². The van der Waals surface area contributed by atoms with E-state index in [1.54, 1.807) is 30.7 Å². The standard InChI is InChI=1S/C21H16FNO3S/c1-12-8-9-13(10-16(12)26-2)15-11-27-19-17(15)18(24)21(22,20(25)23-19)14-6-4-3-5-7-14/h3-11H,1-2H3,(H,23,25). The summed E-state index contributed by atoms with van der Waals surface area (Å²) in [4.78, 5) is 25.6. The van der Waals surface area contributed by atoms with Gasteiger partial charge in [0.25, 0.3) is 11.6 Å². The minimum absolute atomic E-state index is 0.0248. The number of thiophene rings is 1. The molecule has 0 bridgehead atoms. The van der Waals surface area contributed by atoms with E-state index in [9.17, 15) is 9.59 Å². The van der Waals surface area contributed by atoms with Crippen LogP contribution in [-0.4, -0.2) is 18.8 Å². The number of alkyl halides is 1. The highest BCUT2D eigenvalue weighted by atomic mass is 32.1. The highest BCUT2D eigenvalue weighted by molar-refractivity contribution is 7.15. The maximum Gasteiger partial charge on any atom is 0.275 e. The fraction of sp³-hybridized carbons (Fsp3) is 0.143. The van der Waals surface area contributed by atoms with E-state index in [2.05, 4.69) is 5.32 Å². The van der Waals surface area contributed by atoms with Crippen LogP contribution in [0.15, 0.2) is 53.9 Å². The minimum atomic E-state index is -2.75. The third-order valence-corrected chi connectivity index (χ3v) is 5.66. The molecule has 1 amide bonds. The number of benzene rings is 2. The summed E-state index contributed by atoms with van der Waals surface area (Å²) in [5.41, 5.74) is -0.271. The van der Waals surface area contributed by atoms with Gasteiger partial charge < -0.3 is 10.1 Å². The molecule has 0 aliphatic carbocycles. The number of amides is 1. The molecule has 6 heteroatoms. The normalized spacial score (nSPS) is 18.8. The first-order valence-electron chi connectivity index (χ1n) is 8.34. The number of aryl methyl sites for hydroxylation is 1. The van der Waals surface area contributed by atoms with Gasteiger partial charge in [0.05, 0.1) is 12.7 Å². The molecule has 1 atom stereocenters. The van der Waals surface area contributed by atoms with Gasteiger partial charge in [-0.3, -0.25) is 9.59 Å². The molecule has 0 fully saturated rings. The molecule has 1 aromatic heterocycles. The van der Waals surface area contributed by atoms with E-state index in [0.717, 1.165) is 11.1 Å². The number of carbonyl (C=O) groups is 2. The van der Waals surface area contributed by atoms with Gasteiger partial charge in [-0.2, -0.15) is 0 Å². The number of hydrogen-bond acceptors (Lipinski definition) is 4. The van der Waals surface area contributed by atoms with Gasteiger partial charge in [-0.1, -0.05) is 42.5 Å². The molecular formula is C21H16FNO3S. The second-order valence-corrected chi connectivity index (χ2v) is 7.23. The number of hydrogen-bond donors (Lipinski definition) is 1. The Bertz CT molecular complexity index is 1060. The summed E-state index contributed by atoms with van der Waals surface area (Å²) < 4.78 is 21.1. The van der Waals surface area contributed by atoms with E-state index in [1.807, 2.05) is 25.1 Å². The number of halogens is 1. The monoisotopic (exact) mass is 381 g/mol.